The maximum absolute atomic E-state index is 13.7. The van der Waals surface area contributed by atoms with E-state index in [2.05, 4.69) is 22.4 Å². The third kappa shape index (κ3) is 10.5. The van der Waals surface area contributed by atoms with Crippen LogP contribution in [0.25, 0.3) is 21.8 Å². The van der Waals surface area contributed by atoms with Crippen molar-refractivity contribution in [3.05, 3.63) is 114 Å². The number of unbranched alkanes of at least 4 members (excludes halogenated alkanes) is 11. The molecule has 0 atom stereocenters. The third-order valence-corrected chi connectivity index (χ3v) is 10.0. The van der Waals surface area contributed by atoms with Crippen molar-refractivity contribution in [1.29, 1.82) is 0 Å². The standard InChI is InChI=1S/C46H51N5O6/c1-3-4-5-6-7-8-9-10-11-12-13-19-31-56-42-26-18-17-24-39(42)47-44(53)37-29-28-35-36(43(37)52)23-20-25-41(35)50(2)46(55)51-48-38-30-27-33(32-40(38)49-51)45(54)57-34-21-15-14-16-22-34/h14-18,20-30,32,52H,3-13,19,31H2,1-2H3,(H,47,53). The summed E-state index contributed by atoms with van der Waals surface area (Å²) < 4.78 is 11.5. The van der Waals surface area contributed by atoms with E-state index in [1.165, 1.54) is 81.2 Å². The molecule has 1 aromatic heterocycles. The number of phenolic OH excluding ortho intramolecular Hbond substituents is 1. The first-order valence-corrected chi connectivity index (χ1v) is 20.0. The summed E-state index contributed by atoms with van der Waals surface area (Å²) in [5.41, 5.74) is 2.06. The van der Waals surface area contributed by atoms with E-state index in [9.17, 15) is 19.5 Å². The van der Waals surface area contributed by atoms with Crippen molar-refractivity contribution in [2.24, 2.45) is 0 Å². The minimum absolute atomic E-state index is 0.0750. The molecular formula is C46H51N5O6. The zero-order chi connectivity index (χ0) is 40.0. The predicted molar refractivity (Wildman–Crippen MR) is 225 cm³/mol. The lowest BCUT2D eigenvalue weighted by atomic mass is 10.0. The molecule has 2 amide bonds. The first-order valence-electron chi connectivity index (χ1n) is 20.0. The van der Waals surface area contributed by atoms with E-state index in [0.29, 0.717) is 51.3 Å². The van der Waals surface area contributed by atoms with Crippen molar-refractivity contribution in [2.45, 2.75) is 84.0 Å². The van der Waals surface area contributed by atoms with Crippen LogP contribution in [-0.4, -0.2) is 51.7 Å². The van der Waals surface area contributed by atoms with Crippen molar-refractivity contribution in [3.8, 4) is 17.2 Å². The van der Waals surface area contributed by atoms with Crippen LogP contribution in [0, 0.1) is 0 Å². The molecular weight excluding hydrogens is 719 g/mol. The normalized spacial score (nSPS) is 11.1. The fourth-order valence-corrected chi connectivity index (χ4v) is 6.83. The Labute approximate surface area is 333 Å². The van der Waals surface area contributed by atoms with Crippen molar-refractivity contribution in [3.63, 3.8) is 0 Å². The number of para-hydroxylation sites is 3. The molecule has 6 aromatic rings. The monoisotopic (exact) mass is 769 g/mol. The molecule has 1 heterocycles. The molecule has 11 heteroatoms. The number of carbonyl (C=O) groups is 3. The first kappa shape index (κ1) is 40.4. The van der Waals surface area contributed by atoms with Gasteiger partial charge in [-0.25, -0.2) is 9.59 Å². The highest BCUT2D eigenvalue weighted by molar-refractivity contribution is 6.13. The van der Waals surface area contributed by atoms with Crippen LogP contribution in [0.2, 0.25) is 0 Å². The number of anilines is 2. The van der Waals surface area contributed by atoms with E-state index in [4.69, 9.17) is 9.47 Å². The zero-order valence-corrected chi connectivity index (χ0v) is 32.8. The molecule has 0 saturated carbocycles. The lowest BCUT2D eigenvalue weighted by Crippen LogP contribution is -2.32. The molecule has 0 aliphatic heterocycles. The molecule has 0 aliphatic carbocycles. The molecule has 0 spiro atoms. The van der Waals surface area contributed by atoms with E-state index in [1.54, 1.807) is 73.8 Å². The maximum Gasteiger partial charge on any atom is 0.366 e. The summed E-state index contributed by atoms with van der Waals surface area (Å²) in [6.07, 6.45) is 15.2. The molecule has 0 saturated heterocycles. The van der Waals surface area contributed by atoms with Gasteiger partial charge in [0.1, 0.15) is 28.3 Å². The number of fused-ring (bicyclic) bond motifs is 2. The zero-order valence-electron chi connectivity index (χ0n) is 32.8. The second kappa shape index (κ2) is 20.1. The molecule has 2 N–H and O–H groups in total. The number of benzene rings is 5. The number of aromatic nitrogens is 3. The third-order valence-electron chi connectivity index (χ3n) is 10.0. The van der Waals surface area contributed by atoms with Crippen molar-refractivity contribution in [1.82, 2.24) is 15.0 Å². The van der Waals surface area contributed by atoms with Crippen LogP contribution < -0.4 is 19.7 Å². The number of hydrogen-bond acceptors (Lipinski definition) is 8. The largest absolute Gasteiger partial charge is 0.506 e. The lowest BCUT2D eigenvalue weighted by molar-refractivity contribution is 0.0734. The van der Waals surface area contributed by atoms with Gasteiger partial charge in [-0.15, -0.1) is 10.2 Å². The quantitative estimate of drug-likeness (QED) is 0.0472. The number of nitrogens with one attached hydrogen (secondary N) is 1. The molecule has 0 radical (unpaired) electrons. The van der Waals surface area contributed by atoms with Crippen molar-refractivity contribution in [2.75, 3.05) is 23.9 Å². The van der Waals surface area contributed by atoms with Gasteiger partial charge in [-0.2, -0.15) is 0 Å². The summed E-state index contributed by atoms with van der Waals surface area (Å²) in [6, 6.07) is 28.4. The average Bonchev–Trinajstić information content (AvgIpc) is 3.67. The van der Waals surface area contributed by atoms with Gasteiger partial charge in [-0.05, 0) is 61.0 Å². The Morgan fingerprint density at radius 3 is 2.11 bits per heavy atom. The second-order valence-electron chi connectivity index (χ2n) is 14.3. The van der Waals surface area contributed by atoms with E-state index >= 15 is 0 Å². The van der Waals surface area contributed by atoms with Crippen LogP contribution in [0.4, 0.5) is 16.2 Å². The number of amides is 2. The number of rotatable bonds is 19. The smallest absolute Gasteiger partial charge is 0.366 e. The fourth-order valence-electron chi connectivity index (χ4n) is 6.83. The Morgan fingerprint density at radius 2 is 1.37 bits per heavy atom. The topological polar surface area (TPSA) is 136 Å². The number of phenols is 1. The predicted octanol–water partition coefficient (Wildman–Crippen LogP) is 10.9. The molecule has 0 aliphatic rings. The fraction of sp³-hybridized carbons (Fsp3) is 0.326. The molecule has 0 unspecified atom stereocenters. The molecule has 11 nitrogen and oxygen atoms in total. The molecule has 296 valence electrons. The van der Waals surface area contributed by atoms with Gasteiger partial charge < -0.3 is 19.9 Å². The van der Waals surface area contributed by atoms with Gasteiger partial charge >= 0.3 is 12.0 Å². The van der Waals surface area contributed by atoms with Crippen LogP contribution in [0.5, 0.6) is 17.2 Å². The maximum atomic E-state index is 13.7. The first-order chi connectivity index (χ1) is 27.8. The second-order valence-corrected chi connectivity index (χ2v) is 14.3. The highest BCUT2D eigenvalue weighted by atomic mass is 16.5. The minimum atomic E-state index is -0.575. The average molecular weight is 770 g/mol. The Balaban J connectivity index is 1.05. The molecule has 57 heavy (non-hydrogen) atoms. The van der Waals surface area contributed by atoms with Crippen molar-refractivity contribution < 1.29 is 29.0 Å². The Hall–Kier alpha value is -6.23. The van der Waals surface area contributed by atoms with E-state index in [0.717, 1.165) is 17.6 Å². The van der Waals surface area contributed by atoms with Gasteiger partial charge in [-0.1, -0.05) is 131 Å². The molecule has 0 fully saturated rings. The Kier molecular flexibility index (Phi) is 14.2. The van der Waals surface area contributed by atoms with Crippen LogP contribution >= 0.6 is 0 Å². The van der Waals surface area contributed by atoms with Crippen LogP contribution in [-0.2, 0) is 0 Å². The lowest BCUT2D eigenvalue weighted by Gasteiger charge is -2.19. The number of hydrogen-bond donors (Lipinski definition) is 2. The summed E-state index contributed by atoms with van der Waals surface area (Å²) in [5.74, 6) is -0.301. The highest BCUT2D eigenvalue weighted by Gasteiger charge is 2.22. The molecule has 5 aromatic carbocycles. The number of esters is 1. The van der Waals surface area contributed by atoms with Gasteiger partial charge in [0.2, 0.25) is 0 Å². The summed E-state index contributed by atoms with van der Waals surface area (Å²) in [6.45, 7) is 2.80. The highest BCUT2D eigenvalue weighted by Crippen LogP contribution is 2.36. The van der Waals surface area contributed by atoms with Crippen molar-refractivity contribution >= 4 is 51.1 Å². The number of aromatic hydroxyl groups is 1. The Morgan fingerprint density at radius 1 is 0.702 bits per heavy atom. The SMILES string of the molecule is CCCCCCCCCCCCCCOc1ccccc1NC(=O)c1ccc2c(N(C)C(=O)n3nc4ccc(C(=O)Oc5ccccc5)cc4n3)cccc2c1O. The van der Waals surface area contributed by atoms with Gasteiger partial charge in [0.05, 0.1) is 29.1 Å². The number of nitrogens with zero attached hydrogens (tertiary/aromatic N) is 4. The molecule has 6 rings (SSSR count). The van der Waals surface area contributed by atoms with Gasteiger partial charge in [0.15, 0.2) is 0 Å². The number of ether oxygens (including phenoxy) is 2. The molecule has 0 bridgehead atoms. The minimum Gasteiger partial charge on any atom is -0.506 e. The van der Waals surface area contributed by atoms with E-state index in [-0.39, 0.29) is 16.9 Å². The van der Waals surface area contributed by atoms with Crippen LogP contribution in [0.15, 0.2) is 103 Å². The van der Waals surface area contributed by atoms with Gasteiger partial charge in [0, 0.05) is 17.8 Å². The van der Waals surface area contributed by atoms with E-state index in [1.807, 2.05) is 24.3 Å². The Bertz CT molecular complexity index is 2290. The summed E-state index contributed by atoms with van der Waals surface area (Å²) in [5, 5.41) is 23.9. The summed E-state index contributed by atoms with van der Waals surface area (Å²) in [7, 11) is 1.57. The van der Waals surface area contributed by atoms with Gasteiger partial charge in [0.25, 0.3) is 5.91 Å². The number of carbonyl (C=O) groups excluding carboxylic acids is 3. The van der Waals surface area contributed by atoms with E-state index < -0.39 is 17.9 Å². The summed E-state index contributed by atoms with van der Waals surface area (Å²) in [4.78, 5) is 42.2. The van der Waals surface area contributed by atoms with Gasteiger partial charge in [-0.3, -0.25) is 9.69 Å². The van der Waals surface area contributed by atoms with Crippen LogP contribution in [0.1, 0.15) is 105 Å². The van der Waals surface area contributed by atoms with Crippen LogP contribution in [0.3, 0.4) is 0 Å². The summed E-state index contributed by atoms with van der Waals surface area (Å²) >= 11 is 0.